The lowest BCUT2D eigenvalue weighted by atomic mass is 10.0. The summed E-state index contributed by atoms with van der Waals surface area (Å²) in [5.41, 5.74) is 1.43. The van der Waals surface area contributed by atoms with Crippen LogP contribution in [0.1, 0.15) is 33.9 Å². The molecule has 1 aliphatic carbocycles. The molecule has 2 aliphatic heterocycles. The van der Waals surface area contributed by atoms with Crippen molar-refractivity contribution in [1.82, 2.24) is 24.4 Å². The SMILES string of the molecule is Cc1nc2c(c(N3CC4CN(C(=O)c5c[nH]c(=O)n(C)c5=O)CC4C3)n1)CCC2. The van der Waals surface area contributed by atoms with Gasteiger partial charge in [-0.3, -0.25) is 14.2 Å². The highest BCUT2D eigenvalue weighted by molar-refractivity contribution is 5.93. The number of nitrogens with zero attached hydrogens (tertiary/aromatic N) is 5. The number of anilines is 1. The summed E-state index contributed by atoms with van der Waals surface area (Å²) in [5.74, 6) is 2.31. The Bertz CT molecular complexity index is 1110. The Kier molecular flexibility index (Phi) is 4.07. The first-order valence-corrected chi connectivity index (χ1v) is 10.1. The highest BCUT2D eigenvalue weighted by atomic mass is 16.2. The molecule has 9 nitrogen and oxygen atoms in total. The maximum atomic E-state index is 12.9. The van der Waals surface area contributed by atoms with Gasteiger partial charge in [-0.2, -0.15) is 0 Å². The van der Waals surface area contributed by atoms with E-state index in [9.17, 15) is 14.4 Å². The summed E-state index contributed by atoms with van der Waals surface area (Å²) < 4.78 is 0.934. The number of hydrogen-bond acceptors (Lipinski definition) is 6. The Morgan fingerprint density at radius 3 is 2.55 bits per heavy atom. The van der Waals surface area contributed by atoms with Crippen molar-refractivity contribution in [3.05, 3.63) is 49.7 Å². The van der Waals surface area contributed by atoms with E-state index < -0.39 is 11.2 Å². The molecule has 0 bridgehead atoms. The number of aromatic amines is 1. The molecule has 152 valence electrons. The van der Waals surface area contributed by atoms with Gasteiger partial charge in [0.25, 0.3) is 11.5 Å². The van der Waals surface area contributed by atoms with Crippen molar-refractivity contribution >= 4 is 11.7 Å². The fourth-order valence-electron chi connectivity index (χ4n) is 5.02. The molecular formula is C20H24N6O3. The molecule has 4 heterocycles. The van der Waals surface area contributed by atoms with Gasteiger partial charge in [0, 0.05) is 62.5 Å². The quantitative estimate of drug-likeness (QED) is 0.758. The molecule has 0 aromatic carbocycles. The second-order valence-corrected chi connectivity index (χ2v) is 8.38. The summed E-state index contributed by atoms with van der Waals surface area (Å²) in [6, 6.07) is 0. The maximum absolute atomic E-state index is 12.9. The predicted molar refractivity (Wildman–Crippen MR) is 106 cm³/mol. The second-order valence-electron chi connectivity index (χ2n) is 8.38. The van der Waals surface area contributed by atoms with E-state index in [2.05, 4.69) is 14.9 Å². The van der Waals surface area contributed by atoms with Gasteiger partial charge in [-0.15, -0.1) is 0 Å². The zero-order chi connectivity index (χ0) is 20.3. The van der Waals surface area contributed by atoms with Crippen LogP contribution in [0, 0.1) is 18.8 Å². The van der Waals surface area contributed by atoms with Crippen molar-refractivity contribution in [2.24, 2.45) is 18.9 Å². The molecule has 2 aromatic heterocycles. The summed E-state index contributed by atoms with van der Waals surface area (Å²) in [7, 11) is 1.37. The molecule has 1 amide bonds. The molecule has 0 saturated carbocycles. The zero-order valence-electron chi connectivity index (χ0n) is 16.6. The first kappa shape index (κ1) is 18.1. The van der Waals surface area contributed by atoms with Gasteiger partial charge in [-0.25, -0.2) is 14.8 Å². The Balaban J connectivity index is 1.33. The Labute approximate surface area is 167 Å². The van der Waals surface area contributed by atoms with E-state index in [4.69, 9.17) is 4.98 Å². The van der Waals surface area contributed by atoms with E-state index in [0.29, 0.717) is 24.9 Å². The number of likely N-dealkylation sites (tertiary alicyclic amines) is 1. The van der Waals surface area contributed by atoms with Gasteiger partial charge in [-0.1, -0.05) is 0 Å². The Hall–Kier alpha value is -2.97. The van der Waals surface area contributed by atoms with Crippen LogP contribution >= 0.6 is 0 Å². The van der Waals surface area contributed by atoms with Crippen LogP contribution in [0.2, 0.25) is 0 Å². The number of aryl methyl sites for hydroxylation is 2. The molecule has 0 spiro atoms. The van der Waals surface area contributed by atoms with Crippen LogP contribution in [0.5, 0.6) is 0 Å². The predicted octanol–water partition coefficient (Wildman–Crippen LogP) is -0.131. The van der Waals surface area contributed by atoms with E-state index in [0.717, 1.165) is 48.6 Å². The van der Waals surface area contributed by atoms with Gasteiger partial charge in [0.1, 0.15) is 17.2 Å². The molecule has 9 heteroatoms. The minimum atomic E-state index is -0.551. The number of carbonyl (C=O) groups excluding carboxylic acids is 1. The summed E-state index contributed by atoms with van der Waals surface area (Å²) in [4.78, 5) is 52.6. The van der Waals surface area contributed by atoms with Crippen molar-refractivity contribution in [2.75, 3.05) is 31.1 Å². The van der Waals surface area contributed by atoms with E-state index in [1.165, 1.54) is 24.5 Å². The number of H-pyrrole nitrogens is 1. The maximum Gasteiger partial charge on any atom is 0.328 e. The van der Waals surface area contributed by atoms with Crippen LogP contribution in [0.4, 0.5) is 5.82 Å². The second kappa shape index (κ2) is 6.53. The third-order valence-corrected chi connectivity index (χ3v) is 6.51. The minimum Gasteiger partial charge on any atom is -0.356 e. The zero-order valence-corrected chi connectivity index (χ0v) is 16.6. The molecule has 3 aliphatic rings. The topological polar surface area (TPSA) is 104 Å². The highest BCUT2D eigenvalue weighted by Gasteiger charge is 2.43. The standard InChI is InChI=1S/C20H24N6O3/c1-11-22-16-5-3-4-14(16)17(23-11)25-7-12-9-26(10-13(12)8-25)19(28)15-6-21-20(29)24(2)18(15)27/h6,12-13H,3-5,7-10H2,1-2H3,(H,21,29). The number of amides is 1. The highest BCUT2D eigenvalue weighted by Crippen LogP contribution is 2.37. The number of hydrogen-bond donors (Lipinski definition) is 1. The van der Waals surface area contributed by atoms with Crippen LogP contribution in [0.3, 0.4) is 0 Å². The molecule has 2 unspecified atom stereocenters. The molecule has 2 saturated heterocycles. The number of fused-ring (bicyclic) bond motifs is 2. The van der Waals surface area contributed by atoms with Gasteiger partial charge >= 0.3 is 5.69 Å². The van der Waals surface area contributed by atoms with Gasteiger partial charge in [0.05, 0.1) is 0 Å². The molecule has 5 rings (SSSR count). The van der Waals surface area contributed by atoms with Crippen LogP contribution in [-0.4, -0.2) is 56.5 Å². The number of carbonyl (C=O) groups is 1. The van der Waals surface area contributed by atoms with E-state index in [-0.39, 0.29) is 11.5 Å². The average Bonchev–Trinajstić information content (AvgIpc) is 3.39. The lowest BCUT2D eigenvalue weighted by Gasteiger charge is -2.24. The molecule has 29 heavy (non-hydrogen) atoms. The van der Waals surface area contributed by atoms with Gasteiger partial charge in [-0.05, 0) is 26.2 Å². The summed E-state index contributed by atoms with van der Waals surface area (Å²) in [6.45, 7) is 4.91. The van der Waals surface area contributed by atoms with Crippen LogP contribution in [-0.2, 0) is 19.9 Å². The number of rotatable bonds is 2. The van der Waals surface area contributed by atoms with Crippen LogP contribution in [0.15, 0.2) is 15.8 Å². The summed E-state index contributed by atoms with van der Waals surface area (Å²) in [5, 5.41) is 0. The number of aromatic nitrogens is 4. The van der Waals surface area contributed by atoms with Gasteiger partial charge in [0.2, 0.25) is 0 Å². The molecule has 2 aromatic rings. The first-order chi connectivity index (χ1) is 13.9. The van der Waals surface area contributed by atoms with E-state index >= 15 is 0 Å². The largest absolute Gasteiger partial charge is 0.356 e. The monoisotopic (exact) mass is 396 g/mol. The normalized spacial score (nSPS) is 22.8. The first-order valence-electron chi connectivity index (χ1n) is 10.1. The lowest BCUT2D eigenvalue weighted by molar-refractivity contribution is 0.0779. The molecular weight excluding hydrogens is 372 g/mol. The number of nitrogens with one attached hydrogen (secondary N) is 1. The molecule has 1 N–H and O–H groups in total. The van der Waals surface area contributed by atoms with Crippen molar-refractivity contribution in [2.45, 2.75) is 26.2 Å². The van der Waals surface area contributed by atoms with Gasteiger partial charge in [0.15, 0.2) is 0 Å². The third kappa shape index (κ3) is 2.87. The third-order valence-electron chi connectivity index (χ3n) is 6.51. The summed E-state index contributed by atoms with van der Waals surface area (Å²) in [6.07, 6.45) is 4.44. The Morgan fingerprint density at radius 1 is 1.10 bits per heavy atom. The van der Waals surface area contributed by atoms with Crippen molar-refractivity contribution in [1.29, 1.82) is 0 Å². The smallest absolute Gasteiger partial charge is 0.328 e. The fraction of sp³-hybridized carbons (Fsp3) is 0.550. The fourth-order valence-corrected chi connectivity index (χ4v) is 5.02. The minimum absolute atomic E-state index is 0.0215. The van der Waals surface area contributed by atoms with Gasteiger partial charge < -0.3 is 14.8 Å². The van der Waals surface area contributed by atoms with Crippen molar-refractivity contribution < 1.29 is 4.79 Å². The molecule has 2 fully saturated rings. The molecule has 2 atom stereocenters. The molecule has 0 radical (unpaired) electrons. The average molecular weight is 396 g/mol. The van der Waals surface area contributed by atoms with E-state index in [1.54, 1.807) is 4.90 Å². The van der Waals surface area contributed by atoms with E-state index in [1.807, 2.05) is 6.92 Å². The Morgan fingerprint density at radius 2 is 1.83 bits per heavy atom. The van der Waals surface area contributed by atoms with Crippen LogP contribution in [0.25, 0.3) is 0 Å². The van der Waals surface area contributed by atoms with Crippen molar-refractivity contribution in [3.63, 3.8) is 0 Å². The lowest BCUT2D eigenvalue weighted by Crippen LogP contribution is -2.41. The van der Waals surface area contributed by atoms with Crippen molar-refractivity contribution in [3.8, 4) is 0 Å². The van der Waals surface area contributed by atoms with Crippen LogP contribution < -0.4 is 16.1 Å². The summed E-state index contributed by atoms with van der Waals surface area (Å²) >= 11 is 0.